The molecule has 0 radical (unpaired) electrons. The zero-order valence-corrected chi connectivity index (χ0v) is 13.6. The Balaban J connectivity index is 1.78. The summed E-state index contributed by atoms with van der Waals surface area (Å²) in [4.78, 5) is 12.5. The van der Waals surface area contributed by atoms with Crippen LogP contribution in [0.1, 0.15) is 37.0 Å². The van der Waals surface area contributed by atoms with Crippen LogP contribution in [-0.2, 0) is 4.74 Å². The average molecular weight is 313 g/mol. The molecule has 0 aromatic heterocycles. The van der Waals surface area contributed by atoms with E-state index in [4.69, 9.17) is 4.74 Å². The first-order valence-electron chi connectivity index (χ1n) is 8.12. The molecule has 0 bridgehead atoms. The number of hydrogen-bond acceptors (Lipinski definition) is 4. The van der Waals surface area contributed by atoms with Crippen LogP contribution < -0.4 is 5.32 Å². The predicted octanol–water partition coefficient (Wildman–Crippen LogP) is 3.48. The molecular weight excluding hydrogens is 290 g/mol. The van der Waals surface area contributed by atoms with E-state index in [1.54, 1.807) is 24.3 Å². The van der Waals surface area contributed by atoms with Gasteiger partial charge in [-0.25, -0.2) is 4.79 Å². The Labute approximate surface area is 136 Å². The number of carbonyl (C=O) groups excluding carboxylic acids is 1. The van der Waals surface area contributed by atoms with Crippen LogP contribution in [0.4, 0.5) is 0 Å². The second-order valence-corrected chi connectivity index (χ2v) is 6.76. The number of benzene rings is 2. The molecule has 4 heteroatoms. The summed E-state index contributed by atoms with van der Waals surface area (Å²) in [7, 11) is 0. The molecule has 4 nitrogen and oxygen atoms in total. The summed E-state index contributed by atoms with van der Waals surface area (Å²) in [5.41, 5.74) is 0.0773. The Kier molecular flexibility index (Phi) is 4.26. The van der Waals surface area contributed by atoms with Gasteiger partial charge in [0.05, 0.1) is 5.56 Å². The molecule has 0 amide bonds. The minimum absolute atomic E-state index is 0.222. The second kappa shape index (κ2) is 6.20. The molecule has 2 aromatic rings. The zero-order valence-electron chi connectivity index (χ0n) is 13.6. The van der Waals surface area contributed by atoms with E-state index in [1.165, 1.54) is 0 Å². The number of phenols is 1. The van der Waals surface area contributed by atoms with Crippen molar-refractivity contribution >= 4 is 16.7 Å². The number of hydrogen-bond donors (Lipinski definition) is 2. The van der Waals surface area contributed by atoms with Gasteiger partial charge in [0, 0.05) is 5.92 Å². The highest BCUT2D eigenvalue weighted by atomic mass is 16.6. The van der Waals surface area contributed by atoms with Gasteiger partial charge in [-0.15, -0.1) is 0 Å². The lowest BCUT2D eigenvalue weighted by Crippen LogP contribution is -2.42. The first-order valence-corrected chi connectivity index (χ1v) is 8.12. The quantitative estimate of drug-likeness (QED) is 0.852. The second-order valence-electron chi connectivity index (χ2n) is 6.76. The third-order valence-electron chi connectivity index (χ3n) is 4.74. The van der Waals surface area contributed by atoms with Crippen molar-refractivity contribution in [2.45, 2.75) is 32.3 Å². The molecule has 1 fully saturated rings. The third kappa shape index (κ3) is 3.48. The number of ether oxygens (including phenoxy) is 1. The molecule has 3 rings (SSSR count). The summed E-state index contributed by atoms with van der Waals surface area (Å²) in [5.74, 6) is 0.313. The van der Waals surface area contributed by atoms with Gasteiger partial charge in [-0.2, -0.15) is 0 Å². The summed E-state index contributed by atoms with van der Waals surface area (Å²) in [6, 6.07) is 10.5. The lowest BCUT2D eigenvalue weighted by Gasteiger charge is -2.36. The molecule has 0 aliphatic carbocycles. The number of esters is 1. The smallest absolute Gasteiger partial charge is 0.338 e. The fraction of sp³-hybridized carbons (Fsp3) is 0.421. The van der Waals surface area contributed by atoms with Crippen LogP contribution in [0.25, 0.3) is 10.8 Å². The Hall–Kier alpha value is -2.07. The van der Waals surface area contributed by atoms with E-state index >= 15 is 0 Å². The fourth-order valence-electron chi connectivity index (χ4n) is 3.26. The van der Waals surface area contributed by atoms with Crippen LogP contribution in [0.5, 0.6) is 5.75 Å². The van der Waals surface area contributed by atoms with Crippen LogP contribution in [0.2, 0.25) is 0 Å². The molecule has 1 aliphatic heterocycles. The number of carbonyl (C=O) groups is 1. The normalized spacial score (nSPS) is 16.4. The maximum atomic E-state index is 12.5. The fourth-order valence-corrected chi connectivity index (χ4v) is 3.26. The Morgan fingerprint density at radius 1 is 1.13 bits per heavy atom. The topological polar surface area (TPSA) is 58.6 Å². The molecule has 0 unspecified atom stereocenters. The number of piperidine rings is 1. The Morgan fingerprint density at radius 3 is 2.52 bits per heavy atom. The van der Waals surface area contributed by atoms with Crippen molar-refractivity contribution in [2.75, 3.05) is 13.1 Å². The van der Waals surface area contributed by atoms with Gasteiger partial charge in [-0.3, -0.25) is 0 Å². The Morgan fingerprint density at radius 2 is 1.78 bits per heavy atom. The Bertz CT molecular complexity index is 718. The number of phenolic OH excluding ortho intramolecular Hbond substituents is 1. The molecule has 0 spiro atoms. The number of aromatic hydroxyl groups is 1. The van der Waals surface area contributed by atoms with Crippen molar-refractivity contribution in [1.29, 1.82) is 0 Å². The lowest BCUT2D eigenvalue weighted by atomic mass is 9.83. The van der Waals surface area contributed by atoms with Crippen molar-refractivity contribution in [3.05, 3.63) is 42.0 Å². The minimum atomic E-state index is -0.469. The van der Waals surface area contributed by atoms with Crippen LogP contribution in [0.15, 0.2) is 36.4 Å². The van der Waals surface area contributed by atoms with E-state index in [0.29, 0.717) is 11.5 Å². The standard InChI is InChI=1S/C19H23NO3/c1-19(2,16-7-9-20-10-8-16)23-18(22)15-4-3-14-12-17(21)6-5-13(14)11-15/h3-6,11-12,16,20-21H,7-10H2,1-2H3. The van der Waals surface area contributed by atoms with Gasteiger partial charge in [0.15, 0.2) is 0 Å². The minimum Gasteiger partial charge on any atom is -0.508 e. The molecule has 1 heterocycles. The van der Waals surface area contributed by atoms with E-state index < -0.39 is 5.60 Å². The van der Waals surface area contributed by atoms with E-state index in [9.17, 15) is 9.90 Å². The van der Waals surface area contributed by atoms with Crippen molar-refractivity contribution in [2.24, 2.45) is 5.92 Å². The van der Waals surface area contributed by atoms with E-state index in [0.717, 1.165) is 36.7 Å². The molecule has 122 valence electrons. The van der Waals surface area contributed by atoms with Crippen molar-refractivity contribution in [1.82, 2.24) is 5.32 Å². The molecule has 1 saturated heterocycles. The van der Waals surface area contributed by atoms with Gasteiger partial charge in [0.25, 0.3) is 0 Å². The van der Waals surface area contributed by atoms with E-state index in [2.05, 4.69) is 5.32 Å². The van der Waals surface area contributed by atoms with Crippen LogP contribution in [-0.4, -0.2) is 29.8 Å². The van der Waals surface area contributed by atoms with E-state index in [1.807, 2.05) is 26.0 Å². The van der Waals surface area contributed by atoms with Crippen LogP contribution in [0, 0.1) is 5.92 Å². The van der Waals surface area contributed by atoms with Gasteiger partial charge in [0.1, 0.15) is 11.4 Å². The molecule has 2 N–H and O–H groups in total. The highest BCUT2D eigenvalue weighted by Gasteiger charge is 2.34. The third-order valence-corrected chi connectivity index (χ3v) is 4.74. The maximum absolute atomic E-state index is 12.5. The monoisotopic (exact) mass is 313 g/mol. The number of fused-ring (bicyclic) bond motifs is 1. The molecule has 1 aliphatic rings. The number of nitrogens with one attached hydrogen (secondary N) is 1. The summed E-state index contributed by atoms with van der Waals surface area (Å²) in [5, 5.41) is 14.7. The van der Waals surface area contributed by atoms with Gasteiger partial charge >= 0.3 is 5.97 Å². The SMILES string of the molecule is CC(C)(OC(=O)c1ccc2cc(O)ccc2c1)C1CCNCC1. The van der Waals surface area contributed by atoms with Crippen LogP contribution >= 0.6 is 0 Å². The first kappa shape index (κ1) is 15.8. The lowest BCUT2D eigenvalue weighted by molar-refractivity contribution is -0.0368. The summed E-state index contributed by atoms with van der Waals surface area (Å²) >= 11 is 0. The molecule has 23 heavy (non-hydrogen) atoms. The summed E-state index contributed by atoms with van der Waals surface area (Å²) in [6.45, 7) is 5.95. The maximum Gasteiger partial charge on any atom is 0.338 e. The largest absolute Gasteiger partial charge is 0.508 e. The molecule has 0 saturated carbocycles. The van der Waals surface area contributed by atoms with Crippen LogP contribution in [0.3, 0.4) is 0 Å². The van der Waals surface area contributed by atoms with Gasteiger partial charge < -0.3 is 15.2 Å². The number of rotatable bonds is 3. The van der Waals surface area contributed by atoms with Gasteiger partial charge in [-0.05, 0) is 74.8 Å². The summed E-state index contributed by atoms with van der Waals surface area (Å²) < 4.78 is 5.82. The van der Waals surface area contributed by atoms with E-state index in [-0.39, 0.29) is 11.7 Å². The van der Waals surface area contributed by atoms with Crippen molar-refractivity contribution < 1.29 is 14.6 Å². The zero-order chi connectivity index (χ0) is 16.4. The highest BCUT2D eigenvalue weighted by Crippen LogP contribution is 2.30. The average Bonchev–Trinajstić information content (AvgIpc) is 2.54. The molecule has 0 atom stereocenters. The highest BCUT2D eigenvalue weighted by molar-refractivity contribution is 5.95. The van der Waals surface area contributed by atoms with Crippen molar-refractivity contribution in [3.8, 4) is 5.75 Å². The molecular formula is C19H23NO3. The van der Waals surface area contributed by atoms with Crippen molar-refractivity contribution in [3.63, 3.8) is 0 Å². The first-order chi connectivity index (χ1) is 11.0. The van der Waals surface area contributed by atoms with Gasteiger partial charge in [-0.1, -0.05) is 12.1 Å². The predicted molar refractivity (Wildman–Crippen MR) is 90.7 cm³/mol. The molecule has 2 aromatic carbocycles. The summed E-state index contributed by atoms with van der Waals surface area (Å²) in [6.07, 6.45) is 2.05. The van der Waals surface area contributed by atoms with Gasteiger partial charge in [0.2, 0.25) is 0 Å².